The van der Waals surface area contributed by atoms with Crippen LogP contribution in [0.2, 0.25) is 0 Å². The summed E-state index contributed by atoms with van der Waals surface area (Å²) in [6.45, 7) is 1.47. The molecule has 0 bridgehead atoms. The van der Waals surface area contributed by atoms with Crippen molar-refractivity contribution in [2.45, 2.75) is 26.0 Å². The van der Waals surface area contributed by atoms with Crippen molar-refractivity contribution in [3.05, 3.63) is 63.1 Å². The number of nitrogens with one attached hydrogen (secondary N) is 1. The first kappa shape index (κ1) is 22.5. The zero-order valence-corrected chi connectivity index (χ0v) is 17.7. The normalized spacial score (nSPS) is 11.7. The van der Waals surface area contributed by atoms with Gasteiger partial charge in [0.05, 0.1) is 35.2 Å². The van der Waals surface area contributed by atoms with Crippen LogP contribution in [0.25, 0.3) is 11.0 Å². The summed E-state index contributed by atoms with van der Waals surface area (Å²) in [5.41, 5.74) is 1.02. The number of rotatable bonds is 8. The predicted molar refractivity (Wildman–Crippen MR) is 116 cm³/mol. The number of amides is 1. The Morgan fingerprint density at radius 1 is 1.19 bits per heavy atom. The number of esters is 1. The second kappa shape index (κ2) is 9.33. The molecule has 1 unspecified atom stereocenters. The molecule has 1 heterocycles. The van der Waals surface area contributed by atoms with E-state index in [-0.39, 0.29) is 35.8 Å². The molecule has 3 aromatic rings. The first-order valence-corrected chi connectivity index (χ1v) is 9.70. The highest BCUT2D eigenvalue weighted by atomic mass is 16.6. The monoisotopic (exact) mass is 442 g/mol. The van der Waals surface area contributed by atoms with E-state index in [1.54, 1.807) is 25.2 Å². The first-order valence-electron chi connectivity index (χ1n) is 9.70. The smallest absolute Gasteiger partial charge is 0.328 e. The maximum absolute atomic E-state index is 12.4. The fourth-order valence-corrected chi connectivity index (χ4v) is 3.23. The molecular formula is C21H22N4O7. The number of non-ortho nitro benzene ring substituents is 1. The molecule has 0 aliphatic carbocycles. The Balaban J connectivity index is 1.64. The van der Waals surface area contributed by atoms with Gasteiger partial charge in [0.25, 0.3) is 11.6 Å². The van der Waals surface area contributed by atoms with E-state index in [2.05, 4.69) is 5.32 Å². The lowest BCUT2D eigenvalue weighted by molar-refractivity contribution is -0.384. The lowest BCUT2D eigenvalue weighted by Crippen LogP contribution is -2.31. The van der Waals surface area contributed by atoms with E-state index in [0.717, 1.165) is 11.6 Å². The molecule has 11 nitrogen and oxygen atoms in total. The van der Waals surface area contributed by atoms with Crippen molar-refractivity contribution in [3.63, 3.8) is 0 Å². The van der Waals surface area contributed by atoms with E-state index in [0.29, 0.717) is 5.52 Å². The molecule has 1 amide bonds. The highest BCUT2D eigenvalue weighted by molar-refractivity contribution is 5.96. The summed E-state index contributed by atoms with van der Waals surface area (Å²) in [5, 5.41) is 13.4. The lowest BCUT2D eigenvalue weighted by atomic mass is 10.2. The molecule has 2 aromatic carbocycles. The molecule has 1 atom stereocenters. The highest BCUT2D eigenvalue weighted by Gasteiger charge is 2.21. The third-order valence-electron chi connectivity index (χ3n) is 4.92. The standard InChI is InChI=1S/C21H22N4O7/c1-13(20(27)22-15-12-14(25(29)30)8-9-18(15)31-3)32-19(26)10-11-24-17-7-5-4-6-16(17)23(2)21(24)28/h4-9,12-13H,10-11H2,1-3H3,(H,22,27). The number of hydrogen-bond donors (Lipinski definition) is 1. The van der Waals surface area contributed by atoms with Gasteiger partial charge < -0.3 is 14.8 Å². The summed E-state index contributed by atoms with van der Waals surface area (Å²) >= 11 is 0. The molecular weight excluding hydrogens is 420 g/mol. The maximum Gasteiger partial charge on any atom is 0.328 e. The molecule has 1 N–H and O–H groups in total. The Labute approximate surface area is 182 Å². The van der Waals surface area contributed by atoms with Crippen LogP contribution in [0.1, 0.15) is 13.3 Å². The zero-order valence-electron chi connectivity index (χ0n) is 17.7. The highest BCUT2D eigenvalue weighted by Crippen LogP contribution is 2.29. The Kier molecular flexibility index (Phi) is 6.57. The molecule has 0 aliphatic heterocycles. The fraction of sp³-hybridized carbons (Fsp3) is 0.286. The van der Waals surface area contributed by atoms with E-state index in [9.17, 15) is 24.5 Å². The van der Waals surface area contributed by atoms with Gasteiger partial charge in [-0.05, 0) is 25.1 Å². The molecule has 0 saturated carbocycles. The minimum atomic E-state index is -1.17. The van der Waals surface area contributed by atoms with Gasteiger partial charge in [-0.25, -0.2) is 4.79 Å². The van der Waals surface area contributed by atoms with Gasteiger partial charge in [-0.15, -0.1) is 0 Å². The number of nitrogens with zero attached hydrogens (tertiary/aromatic N) is 3. The number of nitro benzene ring substituents is 1. The summed E-state index contributed by atoms with van der Waals surface area (Å²) in [5.74, 6) is -1.13. The number of carbonyl (C=O) groups is 2. The number of carbonyl (C=O) groups excluding carboxylic acids is 2. The topological polar surface area (TPSA) is 135 Å². The number of aromatic nitrogens is 2. The fourth-order valence-electron chi connectivity index (χ4n) is 3.23. The van der Waals surface area contributed by atoms with E-state index in [1.807, 2.05) is 6.07 Å². The quantitative estimate of drug-likeness (QED) is 0.321. The van der Waals surface area contributed by atoms with Gasteiger partial charge in [-0.1, -0.05) is 12.1 Å². The molecule has 0 radical (unpaired) electrons. The largest absolute Gasteiger partial charge is 0.495 e. The van der Waals surface area contributed by atoms with Crippen molar-refractivity contribution in [2.75, 3.05) is 12.4 Å². The molecule has 1 aromatic heterocycles. The van der Waals surface area contributed by atoms with Crippen LogP contribution in [-0.4, -0.2) is 39.1 Å². The van der Waals surface area contributed by atoms with Crippen molar-refractivity contribution in [1.29, 1.82) is 0 Å². The average Bonchev–Trinajstić information content (AvgIpc) is 3.02. The molecule has 0 saturated heterocycles. The maximum atomic E-state index is 12.4. The van der Waals surface area contributed by atoms with Crippen LogP contribution >= 0.6 is 0 Å². The molecule has 32 heavy (non-hydrogen) atoms. The summed E-state index contributed by atoms with van der Waals surface area (Å²) < 4.78 is 13.2. The summed E-state index contributed by atoms with van der Waals surface area (Å²) in [7, 11) is 3.00. The number of ether oxygens (including phenoxy) is 2. The van der Waals surface area contributed by atoms with Crippen LogP contribution in [0.3, 0.4) is 0 Å². The van der Waals surface area contributed by atoms with Gasteiger partial charge >= 0.3 is 11.7 Å². The SMILES string of the molecule is COc1ccc([N+](=O)[O-])cc1NC(=O)C(C)OC(=O)CCn1c(=O)n(C)c2ccccc21. The molecule has 0 aliphatic rings. The van der Waals surface area contributed by atoms with Crippen LogP contribution in [0, 0.1) is 10.1 Å². The van der Waals surface area contributed by atoms with E-state index in [4.69, 9.17) is 9.47 Å². The number of imidazole rings is 1. The number of anilines is 1. The van der Waals surface area contributed by atoms with E-state index in [1.165, 1.54) is 35.3 Å². The van der Waals surface area contributed by atoms with Crippen LogP contribution in [0.4, 0.5) is 11.4 Å². The van der Waals surface area contributed by atoms with Crippen LogP contribution < -0.4 is 15.7 Å². The third kappa shape index (κ3) is 4.61. The molecule has 11 heteroatoms. The average molecular weight is 442 g/mol. The van der Waals surface area contributed by atoms with Gasteiger partial charge in [0, 0.05) is 25.7 Å². The molecule has 0 fully saturated rings. The van der Waals surface area contributed by atoms with Gasteiger partial charge in [-0.2, -0.15) is 0 Å². The van der Waals surface area contributed by atoms with Crippen molar-refractivity contribution in [2.24, 2.45) is 7.05 Å². The second-order valence-corrected chi connectivity index (χ2v) is 6.99. The van der Waals surface area contributed by atoms with Gasteiger partial charge in [-0.3, -0.25) is 28.8 Å². The Morgan fingerprint density at radius 2 is 1.88 bits per heavy atom. The Hall–Kier alpha value is -4.15. The van der Waals surface area contributed by atoms with E-state index < -0.39 is 22.9 Å². The second-order valence-electron chi connectivity index (χ2n) is 6.99. The Morgan fingerprint density at radius 3 is 2.53 bits per heavy atom. The van der Waals surface area contributed by atoms with Gasteiger partial charge in [0.1, 0.15) is 5.75 Å². The number of fused-ring (bicyclic) bond motifs is 1. The van der Waals surface area contributed by atoms with Crippen LogP contribution in [0.15, 0.2) is 47.3 Å². The predicted octanol–water partition coefficient (Wildman–Crippen LogP) is 2.22. The molecule has 0 spiro atoms. The number of methoxy groups -OCH3 is 1. The van der Waals surface area contributed by atoms with Crippen molar-refractivity contribution in [3.8, 4) is 5.75 Å². The molecule has 3 rings (SSSR count). The van der Waals surface area contributed by atoms with Crippen LogP contribution in [0.5, 0.6) is 5.75 Å². The zero-order chi connectivity index (χ0) is 23.4. The summed E-state index contributed by atoms with van der Waals surface area (Å²) in [6, 6.07) is 10.9. The summed E-state index contributed by atoms with van der Waals surface area (Å²) in [4.78, 5) is 47.5. The van der Waals surface area contributed by atoms with Gasteiger partial charge in [0.2, 0.25) is 0 Å². The lowest BCUT2D eigenvalue weighted by Gasteiger charge is -2.15. The number of aryl methyl sites for hydroxylation is 2. The van der Waals surface area contributed by atoms with Crippen LogP contribution in [-0.2, 0) is 27.9 Å². The Bertz CT molecular complexity index is 1240. The minimum Gasteiger partial charge on any atom is -0.495 e. The first-order chi connectivity index (χ1) is 15.2. The minimum absolute atomic E-state index is 0.0805. The number of para-hydroxylation sites is 2. The third-order valence-corrected chi connectivity index (χ3v) is 4.92. The van der Waals surface area contributed by atoms with Crippen molar-refractivity contribution < 1.29 is 24.0 Å². The molecule has 168 valence electrons. The summed E-state index contributed by atoms with van der Waals surface area (Å²) in [6.07, 6.45) is -1.29. The number of hydrogen-bond acceptors (Lipinski definition) is 7. The number of benzene rings is 2. The van der Waals surface area contributed by atoms with E-state index >= 15 is 0 Å². The van der Waals surface area contributed by atoms with Crippen molar-refractivity contribution in [1.82, 2.24) is 9.13 Å². The van der Waals surface area contributed by atoms with Gasteiger partial charge in [0.15, 0.2) is 6.10 Å². The number of nitro groups is 1. The van der Waals surface area contributed by atoms with Crippen molar-refractivity contribution >= 4 is 34.3 Å².